The molecule has 0 spiro atoms. The van der Waals surface area contributed by atoms with Gasteiger partial charge in [-0.15, -0.1) is 0 Å². The molecule has 0 bridgehead atoms. The maximum absolute atomic E-state index is 5.86. The van der Waals surface area contributed by atoms with Crippen molar-refractivity contribution in [3.8, 4) is 0 Å². The summed E-state index contributed by atoms with van der Waals surface area (Å²) in [5, 5.41) is 1.13. The fourth-order valence-electron chi connectivity index (χ4n) is 2.02. The molecule has 0 unspecified atom stereocenters. The highest BCUT2D eigenvalue weighted by Gasteiger charge is 2.17. The highest BCUT2D eigenvalue weighted by molar-refractivity contribution is 9.09. The highest BCUT2D eigenvalue weighted by Crippen LogP contribution is 2.25. The molecule has 1 aliphatic carbocycles. The van der Waals surface area contributed by atoms with Gasteiger partial charge < -0.3 is 4.74 Å². The quantitative estimate of drug-likeness (QED) is 0.516. The number of rotatable bonds is 6. The Kier molecular flexibility index (Phi) is 6.88. The van der Waals surface area contributed by atoms with E-state index < -0.39 is 0 Å². The fraction of sp³-hybridized carbons (Fsp3) is 1.00. The number of ether oxygens (including phenoxy) is 1. The third-order valence-electron chi connectivity index (χ3n) is 3.09. The van der Waals surface area contributed by atoms with Crippen molar-refractivity contribution in [2.75, 3.05) is 11.9 Å². The Morgan fingerprint density at radius 2 is 1.79 bits per heavy atom. The number of halogens is 1. The third-order valence-corrected chi connectivity index (χ3v) is 3.66. The van der Waals surface area contributed by atoms with Gasteiger partial charge in [-0.3, -0.25) is 0 Å². The van der Waals surface area contributed by atoms with E-state index >= 15 is 0 Å². The van der Waals surface area contributed by atoms with Crippen LogP contribution >= 0.6 is 15.9 Å². The van der Waals surface area contributed by atoms with E-state index in [1.165, 1.54) is 44.9 Å². The van der Waals surface area contributed by atoms with Gasteiger partial charge in [0.2, 0.25) is 0 Å². The van der Waals surface area contributed by atoms with Crippen LogP contribution in [0.25, 0.3) is 0 Å². The van der Waals surface area contributed by atoms with Crippen LogP contribution in [-0.4, -0.2) is 18.0 Å². The van der Waals surface area contributed by atoms with Crippen LogP contribution in [0.4, 0.5) is 0 Å². The summed E-state index contributed by atoms with van der Waals surface area (Å²) in [5.74, 6) is 0.934. The zero-order chi connectivity index (χ0) is 10.2. The monoisotopic (exact) mass is 262 g/mol. The standard InChI is InChI=1S/C12H23BrO/c1-11-5-7-12(8-6-11)14-10-4-2-3-9-13/h11-12H,2-10H2,1H3. The Morgan fingerprint density at radius 1 is 1.07 bits per heavy atom. The summed E-state index contributed by atoms with van der Waals surface area (Å²) in [6, 6.07) is 0. The van der Waals surface area contributed by atoms with Gasteiger partial charge in [-0.05, 0) is 44.4 Å². The van der Waals surface area contributed by atoms with Crippen LogP contribution in [0.3, 0.4) is 0 Å². The maximum Gasteiger partial charge on any atom is 0.0575 e. The van der Waals surface area contributed by atoms with Gasteiger partial charge in [-0.1, -0.05) is 29.3 Å². The summed E-state index contributed by atoms with van der Waals surface area (Å²) in [4.78, 5) is 0. The number of hydrogen-bond acceptors (Lipinski definition) is 1. The maximum atomic E-state index is 5.86. The summed E-state index contributed by atoms with van der Waals surface area (Å²) in [6.45, 7) is 3.33. The van der Waals surface area contributed by atoms with Crippen LogP contribution in [0.1, 0.15) is 51.9 Å². The summed E-state index contributed by atoms with van der Waals surface area (Å²) in [7, 11) is 0. The zero-order valence-corrected chi connectivity index (χ0v) is 10.9. The van der Waals surface area contributed by atoms with Crippen LogP contribution in [-0.2, 0) is 4.74 Å². The molecule has 14 heavy (non-hydrogen) atoms. The first-order valence-electron chi connectivity index (χ1n) is 6.00. The van der Waals surface area contributed by atoms with Crippen LogP contribution < -0.4 is 0 Å². The lowest BCUT2D eigenvalue weighted by molar-refractivity contribution is 0.0180. The van der Waals surface area contributed by atoms with Gasteiger partial charge in [0.05, 0.1) is 6.10 Å². The molecule has 1 fully saturated rings. The molecule has 84 valence electrons. The lowest BCUT2D eigenvalue weighted by Gasteiger charge is -2.26. The Bertz CT molecular complexity index is 130. The molecule has 2 heteroatoms. The van der Waals surface area contributed by atoms with E-state index in [4.69, 9.17) is 4.74 Å². The SMILES string of the molecule is CC1CCC(OCCCCCBr)CC1. The highest BCUT2D eigenvalue weighted by atomic mass is 79.9. The molecule has 0 amide bonds. The van der Waals surface area contributed by atoms with Crippen molar-refractivity contribution in [1.82, 2.24) is 0 Å². The minimum Gasteiger partial charge on any atom is -0.378 e. The van der Waals surface area contributed by atoms with Crippen molar-refractivity contribution in [3.63, 3.8) is 0 Å². The molecule has 0 radical (unpaired) electrons. The number of unbranched alkanes of at least 4 members (excludes halogenated alkanes) is 2. The van der Waals surface area contributed by atoms with Crippen LogP contribution in [0, 0.1) is 5.92 Å². The van der Waals surface area contributed by atoms with E-state index in [9.17, 15) is 0 Å². The molecule has 0 atom stereocenters. The molecule has 1 aliphatic rings. The normalized spacial score (nSPS) is 27.9. The second-order valence-electron chi connectivity index (χ2n) is 4.50. The first kappa shape index (κ1) is 12.5. The van der Waals surface area contributed by atoms with E-state index in [0.717, 1.165) is 17.9 Å². The summed E-state index contributed by atoms with van der Waals surface area (Å²) in [6.07, 6.45) is 9.71. The van der Waals surface area contributed by atoms with Gasteiger partial charge in [-0.2, -0.15) is 0 Å². The first-order chi connectivity index (χ1) is 6.83. The van der Waals surface area contributed by atoms with Crippen molar-refractivity contribution in [1.29, 1.82) is 0 Å². The zero-order valence-electron chi connectivity index (χ0n) is 9.30. The molecule has 0 saturated heterocycles. The van der Waals surface area contributed by atoms with E-state index in [0.29, 0.717) is 6.10 Å². The fourth-order valence-corrected chi connectivity index (χ4v) is 2.42. The third kappa shape index (κ3) is 5.35. The second kappa shape index (κ2) is 7.70. The van der Waals surface area contributed by atoms with Gasteiger partial charge in [0.25, 0.3) is 0 Å². The van der Waals surface area contributed by atoms with Crippen molar-refractivity contribution < 1.29 is 4.74 Å². The lowest BCUT2D eigenvalue weighted by Crippen LogP contribution is -2.20. The molecule has 0 aliphatic heterocycles. The molecule has 1 rings (SSSR count). The number of hydrogen-bond donors (Lipinski definition) is 0. The van der Waals surface area contributed by atoms with Crippen LogP contribution in [0.15, 0.2) is 0 Å². The van der Waals surface area contributed by atoms with E-state index in [1.54, 1.807) is 0 Å². The van der Waals surface area contributed by atoms with Crippen molar-refractivity contribution in [3.05, 3.63) is 0 Å². The molecule has 0 heterocycles. The van der Waals surface area contributed by atoms with E-state index in [1.807, 2.05) is 0 Å². The van der Waals surface area contributed by atoms with Gasteiger partial charge >= 0.3 is 0 Å². The van der Waals surface area contributed by atoms with Gasteiger partial charge in [0.15, 0.2) is 0 Å². The van der Waals surface area contributed by atoms with Gasteiger partial charge in [0.1, 0.15) is 0 Å². The van der Waals surface area contributed by atoms with E-state index in [-0.39, 0.29) is 0 Å². The largest absolute Gasteiger partial charge is 0.378 e. The Balaban J connectivity index is 1.91. The molecule has 1 nitrogen and oxygen atoms in total. The number of alkyl halides is 1. The van der Waals surface area contributed by atoms with E-state index in [2.05, 4.69) is 22.9 Å². The molecule has 0 aromatic rings. The average Bonchev–Trinajstić information content (AvgIpc) is 2.21. The topological polar surface area (TPSA) is 9.23 Å². The van der Waals surface area contributed by atoms with Gasteiger partial charge in [0, 0.05) is 11.9 Å². The molecular weight excluding hydrogens is 240 g/mol. The smallest absolute Gasteiger partial charge is 0.0575 e. The molecule has 1 saturated carbocycles. The predicted octanol–water partition coefficient (Wildman–Crippen LogP) is 4.15. The Morgan fingerprint density at radius 3 is 2.43 bits per heavy atom. The summed E-state index contributed by atoms with van der Waals surface area (Å²) >= 11 is 3.44. The summed E-state index contributed by atoms with van der Waals surface area (Å²) < 4.78 is 5.86. The molecule has 0 aromatic carbocycles. The van der Waals surface area contributed by atoms with Gasteiger partial charge in [-0.25, -0.2) is 0 Å². The van der Waals surface area contributed by atoms with Crippen LogP contribution in [0.2, 0.25) is 0 Å². The predicted molar refractivity (Wildman–Crippen MR) is 65.0 cm³/mol. The average molecular weight is 263 g/mol. The van der Waals surface area contributed by atoms with Crippen molar-refractivity contribution in [2.45, 2.75) is 58.0 Å². The molecule has 0 N–H and O–H groups in total. The first-order valence-corrected chi connectivity index (χ1v) is 7.12. The summed E-state index contributed by atoms with van der Waals surface area (Å²) in [5.41, 5.74) is 0. The Labute approximate surface area is 96.7 Å². The second-order valence-corrected chi connectivity index (χ2v) is 5.30. The Hall–Kier alpha value is 0.440. The molecular formula is C12H23BrO. The van der Waals surface area contributed by atoms with Crippen LogP contribution in [0.5, 0.6) is 0 Å². The van der Waals surface area contributed by atoms with Crippen molar-refractivity contribution >= 4 is 15.9 Å². The minimum atomic E-state index is 0.579. The minimum absolute atomic E-state index is 0.579. The van der Waals surface area contributed by atoms with Crippen molar-refractivity contribution in [2.24, 2.45) is 5.92 Å². The lowest BCUT2D eigenvalue weighted by atomic mass is 9.89. The molecule has 0 aromatic heterocycles.